The molecule has 0 amide bonds. The number of sulfonamides is 1. The summed E-state index contributed by atoms with van der Waals surface area (Å²) in [6.07, 6.45) is 3.54. The Bertz CT molecular complexity index is 809. The molecule has 0 bridgehead atoms. The van der Waals surface area contributed by atoms with Crippen LogP contribution in [-0.2, 0) is 14.8 Å². The van der Waals surface area contributed by atoms with Crippen molar-refractivity contribution in [3.05, 3.63) is 77.9 Å². The first-order valence-electron chi connectivity index (χ1n) is 7.69. The van der Waals surface area contributed by atoms with E-state index in [1.165, 1.54) is 13.0 Å². The standard InChI is InChI=1S/C19H21NO3S/c1-15-11-13-18(14-12-15)24(22,23)20-19(10-6-7-16(2)21)17-8-4-3-5-9-17/h3-9,11-14,19-20H,10H2,1-2H3/b7-6+. The van der Waals surface area contributed by atoms with E-state index in [1.54, 1.807) is 30.3 Å². The van der Waals surface area contributed by atoms with E-state index in [4.69, 9.17) is 0 Å². The van der Waals surface area contributed by atoms with E-state index in [1.807, 2.05) is 37.3 Å². The Morgan fingerprint density at radius 2 is 1.71 bits per heavy atom. The molecule has 2 aromatic carbocycles. The number of benzene rings is 2. The Morgan fingerprint density at radius 3 is 2.29 bits per heavy atom. The van der Waals surface area contributed by atoms with Gasteiger partial charge in [0.2, 0.25) is 10.0 Å². The molecule has 0 saturated heterocycles. The average molecular weight is 343 g/mol. The SMILES string of the molecule is CC(=O)/C=C/CC(NS(=O)(=O)c1ccc(C)cc1)c1ccccc1. The van der Waals surface area contributed by atoms with Gasteiger partial charge in [-0.25, -0.2) is 13.1 Å². The monoisotopic (exact) mass is 343 g/mol. The summed E-state index contributed by atoms with van der Waals surface area (Å²) in [6.45, 7) is 3.37. The number of aryl methyl sites for hydroxylation is 1. The van der Waals surface area contributed by atoms with Crippen molar-refractivity contribution >= 4 is 15.8 Å². The normalized spacial score (nSPS) is 13.1. The second-order valence-corrected chi connectivity index (χ2v) is 7.36. The zero-order valence-electron chi connectivity index (χ0n) is 13.8. The van der Waals surface area contributed by atoms with Gasteiger partial charge in [-0.1, -0.05) is 54.1 Å². The van der Waals surface area contributed by atoms with Gasteiger partial charge in [0, 0.05) is 0 Å². The summed E-state index contributed by atoms with van der Waals surface area (Å²) < 4.78 is 28.0. The third-order valence-electron chi connectivity index (χ3n) is 3.55. The predicted octanol–water partition coefficient (Wildman–Crippen LogP) is 3.55. The fourth-order valence-corrected chi connectivity index (χ4v) is 3.52. The first kappa shape index (κ1) is 18.1. The third-order valence-corrected chi connectivity index (χ3v) is 5.04. The molecule has 1 unspecified atom stereocenters. The van der Waals surface area contributed by atoms with E-state index < -0.39 is 16.1 Å². The van der Waals surface area contributed by atoms with Gasteiger partial charge in [-0.3, -0.25) is 4.79 Å². The quantitative estimate of drug-likeness (QED) is 0.782. The molecule has 0 saturated carbocycles. The van der Waals surface area contributed by atoms with Gasteiger partial charge in [-0.05, 0) is 44.0 Å². The summed E-state index contributed by atoms with van der Waals surface area (Å²) in [5, 5.41) is 0. The zero-order chi connectivity index (χ0) is 17.6. The number of nitrogens with one attached hydrogen (secondary N) is 1. The van der Waals surface area contributed by atoms with Gasteiger partial charge in [0.25, 0.3) is 0 Å². The highest BCUT2D eigenvalue weighted by atomic mass is 32.2. The molecule has 0 aliphatic heterocycles. The van der Waals surface area contributed by atoms with Gasteiger partial charge < -0.3 is 0 Å². The second kappa shape index (κ2) is 8.04. The Labute approximate surface area is 143 Å². The number of allylic oxidation sites excluding steroid dienone is 1. The van der Waals surface area contributed by atoms with Crippen LogP contribution < -0.4 is 4.72 Å². The molecule has 5 heteroatoms. The van der Waals surface area contributed by atoms with Gasteiger partial charge in [0.1, 0.15) is 0 Å². The van der Waals surface area contributed by atoms with Crippen LogP contribution in [0.15, 0.2) is 71.6 Å². The largest absolute Gasteiger partial charge is 0.295 e. The maximum atomic E-state index is 12.6. The third kappa shape index (κ3) is 5.15. The molecule has 0 spiro atoms. The van der Waals surface area contributed by atoms with E-state index >= 15 is 0 Å². The van der Waals surface area contributed by atoms with E-state index in [2.05, 4.69) is 4.72 Å². The topological polar surface area (TPSA) is 63.2 Å². The molecule has 126 valence electrons. The lowest BCUT2D eigenvalue weighted by Gasteiger charge is -2.18. The van der Waals surface area contributed by atoms with Crippen molar-refractivity contribution in [2.75, 3.05) is 0 Å². The highest BCUT2D eigenvalue weighted by Crippen LogP contribution is 2.21. The summed E-state index contributed by atoms with van der Waals surface area (Å²) in [5.41, 5.74) is 1.85. The molecule has 0 radical (unpaired) electrons. The number of hydrogen-bond acceptors (Lipinski definition) is 3. The maximum absolute atomic E-state index is 12.6. The Morgan fingerprint density at radius 1 is 1.08 bits per heavy atom. The van der Waals surface area contributed by atoms with E-state index in [0.717, 1.165) is 11.1 Å². The van der Waals surface area contributed by atoms with Gasteiger partial charge in [0.15, 0.2) is 5.78 Å². The van der Waals surface area contributed by atoms with Gasteiger partial charge in [0.05, 0.1) is 10.9 Å². The maximum Gasteiger partial charge on any atom is 0.241 e. The molecule has 0 fully saturated rings. The van der Waals surface area contributed by atoms with Crippen LogP contribution >= 0.6 is 0 Å². The van der Waals surface area contributed by atoms with Crippen molar-refractivity contribution in [1.29, 1.82) is 0 Å². The number of carbonyl (C=O) groups excluding carboxylic acids is 1. The van der Waals surface area contributed by atoms with Crippen LogP contribution in [0.1, 0.15) is 30.5 Å². The summed E-state index contributed by atoms with van der Waals surface area (Å²) >= 11 is 0. The van der Waals surface area contributed by atoms with Crippen LogP contribution in [0.3, 0.4) is 0 Å². The van der Waals surface area contributed by atoms with Gasteiger partial charge in [-0.15, -0.1) is 0 Å². The van der Waals surface area contributed by atoms with E-state index in [-0.39, 0.29) is 10.7 Å². The molecular formula is C19H21NO3S. The highest BCUT2D eigenvalue weighted by molar-refractivity contribution is 7.89. The minimum Gasteiger partial charge on any atom is -0.295 e. The van der Waals surface area contributed by atoms with Crippen LogP contribution in [0.5, 0.6) is 0 Å². The highest BCUT2D eigenvalue weighted by Gasteiger charge is 2.20. The van der Waals surface area contributed by atoms with Crippen LogP contribution in [-0.4, -0.2) is 14.2 Å². The molecule has 1 atom stereocenters. The fourth-order valence-electron chi connectivity index (χ4n) is 2.28. The molecular weight excluding hydrogens is 322 g/mol. The first-order valence-corrected chi connectivity index (χ1v) is 9.18. The van der Waals surface area contributed by atoms with Crippen molar-refractivity contribution in [2.45, 2.75) is 31.2 Å². The average Bonchev–Trinajstić information content (AvgIpc) is 2.55. The summed E-state index contributed by atoms with van der Waals surface area (Å²) in [6, 6.07) is 15.6. The van der Waals surface area contributed by atoms with Crippen LogP contribution in [0.25, 0.3) is 0 Å². The van der Waals surface area contributed by atoms with Crippen LogP contribution in [0.2, 0.25) is 0 Å². The molecule has 0 aliphatic carbocycles. The lowest BCUT2D eigenvalue weighted by atomic mass is 10.0. The minimum absolute atomic E-state index is 0.0665. The summed E-state index contributed by atoms with van der Waals surface area (Å²) in [4.78, 5) is 11.3. The van der Waals surface area contributed by atoms with Crippen LogP contribution in [0.4, 0.5) is 0 Å². The Balaban J connectivity index is 2.26. The van der Waals surface area contributed by atoms with Gasteiger partial charge in [-0.2, -0.15) is 0 Å². The molecule has 24 heavy (non-hydrogen) atoms. The number of ketones is 1. The van der Waals surface area contributed by atoms with Crippen molar-refractivity contribution in [3.8, 4) is 0 Å². The molecule has 0 aliphatic rings. The van der Waals surface area contributed by atoms with Gasteiger partial charge >= 0.3 is 0 Å². The Kier molecular flexibility index (Phi) is 6.06. The summed E-state index contributed by atoms with van der Waals surface area (Å²) in [7, 11) is -3.64. The summed E-state index contributed by atoms with van der Waals surface area (Å²) in [5.74, 6) is -0.0665. The smallest absolute Gasteiger partial charge is 0.241 e. The van der Waals surface area contributed by atoms with Crippen molar-refractivity contribution in [3.63, 3.8) is 0 Å². The first-order chi connectivity index (χ1) is 11.4. The number of hydrogen-bond donors (Lipinski definition) is 1. The second-order valence-electron chi connectivity index (χ2n) is 5.65. The van der Waals surface area contributed by atoms with Crippen molar-refractivity contribution < 1.29 is 13.2 Å². The Hall–Kier alpha value is -2.24. The van der Waals surface area contributed by atoms with Crippen molar-refractivity contribution in [2.24, 2.45) is 0 Å². The number of rotatable bonds is 7. The molecule has 2 aromatic rings. The number of carbonyl (C=O) groups is 1. The molecule has 1 N–H and O–H groups in total. The lowest BCUT2D eigenvalue weighted by Crippen LogP contribution is -2.28. The van der Waals surface area contributed by atoms with E-state index in [9.17, 15) is 13.2 Å². The predicted molar refractivity (Wildman–Crippen MR) is 95.1 cm³/mol. The minimum atomic E-state index is -3.64. The fraction of sp³-hybridized carbons (Fsp3) is 0.211. The zero-order valence-corrected chi connectivity index (χ0v) is 14.6. The molecule has 0 aromatic heterocycles. The molecule has 4 nitrogen and oxygen atoms in total. The van der Waals surface area contributed by atoms with Crippen LogP contribution in [0, 0.1) is 6.92 Å². The molecule has 0 heterocycles. The van der Waals surface area contributed by atoms with Crippen molar-refractivity contribution in [1.82, 2.24) is 4.72 Å². The lowest BCUT2D eigenvalue weighted by molar-refractivity contribution is -0.112. The van der Waals surface area contributed by atoms with E-state index in [0.29, 0.717) is 6.42 Å². The molecule has 2 rings (SSSR count).